The Bertz CT molecular complexity index is 320. The summed E-state index contributed by atoms with van der Waals surface area (Å²) >= 11 is 0. The smallest absolute Gasteiger partial charge is 0.239 e. The van der Waals surface area contributed by atoms with Crippen molar-refractivity contribution in [1.29, 1.82) is 0 Å². The van der Waals surface area contributed by atoms with Gasteiger partial charge in [0.1, 0.15) is 6.29 Å². The van der Waals surface area contributed by atoms with Crippen molar-refractivity contribution in [1.82, 2.24) is 10.6 Å². The summed E-state index contributed by atoms with van der Waals surface area (Å²) in [5.74, 6) is -0.638. The molecule has 7 heteroatoms. The van der Waals surface area contributed by atoms with E-state index in [2.05, 4.69) is 10.6 Å². The Morgan fingerprint density at radius 3 is 2.44 bits per heavy atom. The molecule has 102 valence electrons. The summed E-state index contributed by atoms with van der Waals surface area (Å²) in [6, 6.07) is -0.577. The van der Waals surface area contributed by atoms with Crippen LogP contribution in [0.5, 0.6) is 0 Å². The third kappa shape index (κ3) is 8.82. The molecule has 18 heavy (non-hydrogen) atoms. The van der Waals surface area contributed by atoms with E-state index in [0.29, 0.717) is 25.7 Å². The molecular weight excluding hydrogens is 255 g/mol. The number of aldehydes is 1. The first-order chi connectivity index (χ1) is 8.47. The lowest BCUT2D eigenvalue weighted by molar-refractivity contribution is -0.127. The van der Waals surface area contributed by atoms with Gasteiger partial charge >= 0.3 is 0 Å². The zero-order valence-corrected chi connectivity index (χ0v) is 11.6. The van der Waals surface area contributed by atoms with Crippen molar-refractivity contribution < 1.29 is 19.2 Å². The molecule has 2 amide bonds. The average molecular weight is 274 g/mol. The Morgan fingerprint density at radius 1 is 1.22 bits per heavy atom. The minimum atomic E-state index is -0.577. The van der Waals surface area contributed by atoms with Crippen LogP contribution in [0.2, 0.25) is 0 Å². The van der Waals surface area contributed by atoms with Crippen molar-refractivity contribution in [3.63, 3.8) is 0 Å². The number of hydrogen-bond donors (Lipinski definition) is 2. The highest BCUT2D eigenvalue weighted by Gasteiger charge is 2.11. The number of rotatable bonds is 9. The van der Waals surface area contributed by atoms with Crippen molar-refractivity contribution >= 4 is 32.9 Å². The van der Waals surface area contributed by atoms with Crippen LogP contribution in [-0.4, -0.2) is 36.2 Å². The van der Waals surface area contributed by atoms with Crippen LogP contribution in [0.4, 0.5) is 0 Å². The van der Waals surface area contributed by atoms with E-state index in [0.717, 1.165) is 6.29 Å². The van der Waals surface area contributed by atoms with Crippen LogP contribution >= 0.6 is 9.24 Å². The van der Waals surface area contributed by atoms with E-state index in [1.807, 2.05) is 9.24 Å². The summed E-state index contributed by atoms with van der Waals surface area (Å²) in [5, 5.41) is 4.89. The summed E-state index contributed by atoms with van der Waals surface area (Å²) in [6.07, 6.45) is 2.84. The van der Waals surface area contributed by atoms with E-state index >= 15 is 0 Å². The fourth-order valence-electron chi connectivity index (χ4n) is 1.14. The largest absolute Gasteiger partial charge is 0.347 e. The molecule has 0 fully saturated rings. The summed E-state index contributed by atoms with van der Waals surface area (Å²) in [7, 11) is 1.98. The highest BCUT2D eigenvalue weighted by Crippen LogP contribution is 1.97. The molecule has 2 atom stereocenters. The molecule has 0 aromatic rings. The second-order valence-corrected chi connectivity index (χ2v) is 4.45. The van der Waals surface area contributed by atoms with Gasteiger partial charge in [0, 0.05) is 12.8 Å². The van der Waals surface area contributed by atoms with Gasteiger partial charge in [0.2, 0.25) is 11.8 Å². The van der Waals surface area contributed by atoms with Crippen LogP contribution in [0.1, 0.15) is 32.6 Å². The Kier molecular flexibility index (Phi) is 9.01. The van der Waals surface area contributed by atoms with E-state index in [4.69, 9.17) is 0 Å². The van der Waals surface area contributed by atoms with E-state index in [1.165, 1.54) is 0 Å². The summed E-state index contributed by atoms with van der Waals surface area (Å²) < 4.78 is 0. The Hall–Kier alpha value is -1.29. The van der Waals surface area contributed by atoms with E-state index < -0.39 is 11.9 Å². The molecule has 0 aromatic heterocycles. The molecule has 0 heterocycles. The van der Waals surface area contributed by atoms with Gasteiger partial charge in [-0.25, -0.2) is 0 Å². The predicted molar refractivity (Wildman–Crippen MR) is 69.9 cm³/mol. The molecule has 0 aliphatic rings. The normalized spacial score (nSPS) is 11.4. The molecule has 0 spiro atoms. The Labute approximate surface area is 108 Å². The Morgan fingerprint density at radius 2 is 1.89 bits per heavy atom. The first-order valence-corrected chi connectivity index (χ1v) is 6.34. The molecule has 0 bridgehead atoms. The van der Waals surface area contributed by atoms with Crippen molar-refractivity contribution in [2.75, 3.05) is 6.54 Å². The lowest BCUT2D eigenvalue weighted by Gasteiger charge is -2.10. The van der Waals surface area contributed by atoms with Gasteiger partial charge in [-0.05, 0) is 19.8 Å². The molecule has 0 rings (SSSR count). The molecule has 6 nitrogen and oxygen atoms in total. The first kappa shape index (κ1) is 16.7. The average Bonchev–Trinajstić information content (AvgIpc) is 2.32. The molecule has 2 unspecified atom stereocenters. The summed E-state index contributed by atoms with van der Waals surface area (Å²) in [6.45, 7) is 1.42. The molecule has 0 radical (unpaired) electrons. The number of carbonyl (C=O) groups is 4. The van der Waals surface area contributed by atoms with Crippen LogP contribution in [0.15, 0.2) is 0 Å². The van der Waals surface area contributed by atoms with Gasteiger partial charge in [0.15, 0.2) is 5.52 Å². The van der Waals surface area contributed by atoms with Crippen molar-refractivity contribution in [2.24, 2.45) is 0 Å². The zero-order valence-electron chi connectivity index (χ0n) is 10.4. The molecule has 0 saturated heterocycles. The lowest BCUT2D eigenvalue weighted by Crippen LogP contribution is -2.42. The molecule has 0 aliphatic carbocycles. The highest BCUT2D eigenvalue weighted by atomic mass is 31.0. The Balaban J connectivity index is 3.68. The molecular formula is C11H19N2O4P. The van der Waals surface area contributed by atoms with Gasteiger partial charge in [-0.3, -0.25) is 14.4 Å². The van der Waals surface area contributed by atoms with Gasteiger partial charge in [-0.2, -0.15) is 0 Å². The standard InChI is InChI=1S/C11H19N2O4P/c1-8(11(17)18)13-10(16)7-12-9(15)5-3-2-4-6-14/h6,8H,2-5,7,18H2,1H3,(H,12,15)(H,13,16). The van der Waals surface area contributed by atoms with Crippen LogP contribution in [0.25, 0.3) is 0 Å². The maximum absolute atomic E-state index is 11.3. The van der Waals surface area contributed by atoms with Crippen molar-refractivity contribution in [2.45, 2.75) is 38.6 Å². The topological polar surface area (TPSA) is 92.3 Å². The van der Waals surface area contributed by atoms with Gasteiger partial charge in [-0.1, -0.05) is 9.24 Å². The second kappa shape index (κ2) is 9.71. The maximum atomic E-state index is 11.3. The molecule has 0 saturated carbocycles. The van der Waals surface area contributed by atoms with Crippen molar-refractivity contribution in [3.8, 4) is 0 Å². The quantitative estimate of drug-likeness (QED) is 0.345. The van der Waals surface area contributed by atoms with Gasteiger partial charge in [0.25, 0.3) is 0 Å². The van der Waals surface area contributed by atoms with Gasteiger partial charge < -0.3 is 15.4 Å². The number of unbranched alkanes of at least 4 members (excludes halogenated alkanes) is 2. The van der Waals surface area contributed by atoms with E-state index in [9.17, 15) is 19.2 Å². The lowest BCUT2D eigenvalue weighted by atomic mass is 10.2. The minimum Gasteiger partial charge on any atom is -0.347 e. The highest BCUT2D eigenvalue weighted by molar-refractivity contribution is 7.40. The van der Waals surface area contributed by atoms with Gasteiger partial charge in [-0.15, -0.1) is 0 Å². The van der Waals surface area contributed by atoms with Crippen LogP contribution in [0.3, 0.4) is 0 Å². The number of carbonyl (C=O) groups excluding carboxylic acids is 4. The second-order valence-electron chi connectivity index (χ2n) is 3.88. The van der Waals surface area contributed by atoms with E-state index in [-0.39, 0.29) is 18.0 Å². The van der Waals surface area contributed by atoms with Crippen LogP contribution in [-0.2, 0) is 19.2 Å². The first-order valence-electron chi connectivity index (χ1n) is 5.76. The van der Waals surface area contributed by atoms with E-state index in [1.54, 1.807) is 6.92 Å². The minimum absolute atomic E-state index is 0.144. The van der Waals surface area contributed by atoms with Crippen LogP contribution < -0.4 is 10.6 Å². The number of hydrogen-bond acceptors (Lipinski definition) is 4. The fraction of sp³-hybridized carbons (Fsp3) is 0.636. The van der Waals surface area contributed by atoms with Crippen LogP contribution in [0, 0.1) is 0 Å². The SMILES string of the molecule is CC(NC(=O)CNC(=O)CCCCC=O)C(=O)P. The zero-order chi connectivity index (χ0) is 14.0. The predicted octanol–water partition coefficient (Wildman–Crippen LogP) is -0.232. The molecule has 0 aromatic carbocycles. The summed E-state index contributed by atoms with van der Waals surface area (Å²) in [5.41, 5.74) is -0.219. The van der Waals surface area contributed by atoms with Crippen molar-refractivity contribution in [3.05, 3.63) is 0 Å². The number of nitrogens with one attached hydrogen (secondary N) is 2. The molecule has 0 aliphatic heterocycles. The summed E-state index contributed by atoms with van der Waals surface area (Å²) in [4.78, 5) is 43.5. The van der Waals surface area contributed by atoms with Gasteiger partial charge in [0.05, 0.1) is 12.6 Å². The maximum Gasteiger partial charge on any atom is 0.239 e. The third-order valence-corrected chi connectivity index (χ3v) is 2.73. The third-order valence-electron chi connectivity index (χ3n) is 2.23. The number of amides is 2. The monoisotopic (exact) mass is 274 g/mol. The molecule has 2 N–H and O–H groups in total. The fourth-order valence-corrected chi connectivity index (χ4v) is 1.23.